The second-order valence-corrected chi connectivity index (χ2v) is 7.99. The molecule has 1 rings (SSSR count). The van der Waals surface area contributed by atoms with E-state index in [0.29, 0.717) is 13.0 Å². The van der Waals surface area contributed by atoms with Crippen molar-refractivity contribution < 1.29 is 39.6 Å². The van der Waals surface area contributed by atoms with Crippen molar-refractivity contribution in [3.63, 3.8) is 0 Å². The monoisotopic (exact) mass is 497 g/mol. The number of nitrogens with one attached hydrogen (secondary N) is 1. The van der Waals surface area contributed by atoms with Gasteiger partial charge < -0.3 is 42.9 Å². The minimum absolute atomic E-state index is 0.0580. The number of carboxylic acids is 3. The normalized spacial score (nSPS) is 12.3. The van der Waals surface area contributed by atoms with Gasteiger partial charge in [0, 0.05) is 12.6 Å². The smallest absolute Gasteiger partial charge is 0.336 e. The molecular weight excluding hydrogens is 462 g/mol. The molecule has 0 fully saturated rings. The fourth-order valence-electron chi connectivity index (χ4n) is 2.90. The van der Waals surface area contributed by atoms with Crippen molar-refractivity contribution in [1.29, 1.82) is 0 Å². The SMILES string of the molecule is C[C@@H](Cc1ccccc1)NC(=O)C(N)CCCCN=C(N)N.O=C(O)CC(O)(CC(=O)O)C(=O)O. The number of carbonyl (C=O) groups is 4. The predicted octanol–water partition coefficient (Wildman–Crippen LogP) is -0.744. The molecule has 2 atom stereocenters. The zero-order valence-corrected chi connectivity index (χ0v) is 19.6. The molecule has 35 heavy (non-hydrogen) atoms. The van der Waals surface area contributed by atoms with Crippen LogP contribution in [0.4, 0.5) is 0 Å². The summed E-state index contributed by atoms with van der Waals surface area (Å²) in [5.41, 5.74) is 14.8. The summed E-state index contributed by atoms with van der Waals surface area (Å²) >= 11 is 0. The Morgan fingerprint density at radius 1 is 1.00 bits per heavy atom. The van der Waals surface area contributed by atoms with E-state index >= 15 is 0 Å². The maximum atomic E-state index is 12.0. The molecule has 0 heterocycles. The van der Waals surface area contributed by atoms with Crippen molar-refractivity contribution in [2.45, 2.75) is 63.1 Å². The minimum atomic E-state index is -2.74. The van der Waals surface area contributed by atoms with E-state index in [1.807, 2.05) is 37.3 Å². The summed E-state index contributed by atoms with van der Waals surface area (Å²) in [5, 5.41) is 36.8. The molecule has 1 unspecified atom stereocenters. The number of hydrogen-bond acceptors (Lipinski definition) is 7. The number of aliphatic carboxylic acids is 3. The van der Waals surface area contributed by atoms with Crippen LogP contribution in [0, 0.1) is 0 Å². The molecule has 196 valence electrons. The minimum Gasteiger partial charge on any atom is -0.481 e. The maximum Gasteiger partial charge on any atom is 0.336 e. The zero-order valence-electron chi connectivity index (χ0n) is 19.6. The summed E-state index contributed by atoms with van der Waals surface area (Å²) in [6.45, 7) is 2.55. The van der Waals surface area contributed by atoms with Crippen LogP contribution in [0.5, 0.6) is 0 Å². The standard InChI is InChI=1S/C16H27N5O.C6H8O7/c1-12(11-13-7-3-2-4-8-13)21-15(22)14(17)9-5-6-10-20-16(18)19;7-3(8)1-6(13,5(11)12)2-4(9)10/h2-4,7-8,12,14H,5-6,9-11,17H2,1H3,(H,21,22)(H4,18,19,20);13H,1-2H2,(H,7,8)(H,9,10)(H,11,12)/t12-,14?;/m0./s1. The Balaban J connectivity index is 0.000000761. The van der Waals surface area contributed by atoms with Gasteiger partial charge in [-0.2, -0.15) is 0 Å². The molecule has 0 bridgehead atoms. The number of unbranched alkanes of at least 4 members (excludes halogenated alkanes) is 1. The van der Waals surface area contributed by atoms with E-state index in [-0.39, 0.29) is 17.9 Å². The predicted molar refractivity (Wildman–Crippen MR) is 127 cm³/mol. The highest BCUT2D eigenvalue weighted by molar-refractivity contribution is 5.88. The molecule has 13 nitrogen and oxygen atoms in total. The van der Waals surface area contributed by atoms with Crippen molar-refractivity contribution in [3.05, 3.63) is 35.9 Å². The molecule has 0 spiro atoms. The van der Waals surface area contributed by atoms with E-state index in [1.54, 1.807) is 0 Å². The summed E-state index contributed by atoms with van der Waals surface area (Å²) in [6, 6.07) is 9.63. The fourth-order valence-corrected chi connectivity index (χ4v) is 2.90. The van der Waals surface area contributed by atoms with Gasteiger partial charge in [0.05, 0.1) is 18.9 Å². The van der Waals surface area contributed by atoms with Crippen LogP contribution in [0.3, 0.4) is 0 Å². The molecule has 11 N–H and O–H groups in total. The third-order valence-corrected chi connectivity index (χ3v) is 4.61. The lowest BCUT2D eigenvalue weighted by Crippen LogP contribution is -2.45. The topological polar surface area (TPSA) is 252 Å². The largest absolute Gasteiger partial charge is 0.481 e. The Bertz CT molecular complexity index is 843. The van der Waals surface area contributed by atoms with Gasteiger partial charge in [-0.25, -0.2) is 4.79 Å². The van der Waals surface area contributed by atoms with E-state index in [0.717, 1.165) is 19.3 Å². The van der Waals surface area contributed by atoms with Crippen LogP contribution in [0.25, 0.3) is 0 Å². The van der Waals surface area contributed by atoms with Gasteiger partial charge in [-0.15, -0.1) is 0 Å². The number of rotatable bonds is 14. The van der Waals surface area contributed by atoms with Gasteiger partial charge in [-0.1, -0.05) is 30.3 Å². The summed E-state index contributed by atoms with van der Waals surface area (Å²) in [5.74, 6) is -5.03. The van der Waals surface area contributed by atoms with Crippen molar-refractivity contribution in [2.75, 3.05) is 6.54 Å². The highest BCUT2D eigenvalue weighted by atomic mass is 16.4. The molecule has 1 aromatic rings. The summed E-state index contributed by atoms with van der Waals surface area (Å²) in [6.07, 6.45) is 0.772. The van der Waals surface area contributed by atoms with Crippen LogP contribution >= 0.6 is 0 Å². The molecule has 0 aromatic heterocycles. The first kappa shape index (κ1) is 31.3. The van der Waals surface area contributed by atoms with Crippen LogP contribution in [-0.2, 0) is 25.6 Å². The second kappa shape index (κ2) is 16.0. The quantitative estimate of drug-likeness (QED) is 0.0901. The Kier molecular flexibility index (Phi) is 14.3. The number of nitrogens with two attached hydrogens (primary N) is 3. The molecular formula is C22H35N5O8. The van der Waals surface area contributed by atoms with E-state index < -0.39 is 42.4 Å². The van der Waals surface area contributed by atoms with Gasteiger partial charge in [0.2, 0.25) is 5.91 Å². The van der Waals surface area contributed by atoms with Gasteiger partial charge in [0.15, 0.2) is 11.6 Å². The average Bonchev–Trinajstić information content (AvgIpc) is 2.72. The first-order valence-electron chi connectivity index (χ1n) is 10.8. The number of benzene rings is 1. The molecule has 0 saturated carbocycles. The number of aliphatic hydroxyl groups is 1. The van der Waals surface area contributed by atoms with Crippen LogP contribution in [-0.4, -0.2) is 74.4 Å². The van der Waals surface area contributed by atoms with Crippen molar-refractivity contribution >= 4 is 29.8 Å². The molecule has 1 aromatic carbocycles. The van der Waals surface area contributed by atoms with Gasteiger partial charge >= 0.3 is 17.9 Å². The Morgan fingerprint density at radius 2 is 1.54 bits per heavy atom. The Morgan fingerprint density at radius 3 is 2.00 bits per heavy atom. The first-order chi connectivity index (χ1) is 16.3. The van der Waals surface area contributed by atoms with Crippen LogP contribution in [0.15, 0.2) is 35.3 Å². The zero-order chi connectivity index (χ0) is 27.0. The summed E-state index contributed by atoms with van der Waals surface area (Å²) in [4.78, 5) is 46.4. The lowest BCUT2D eigenvalue weighted by molar-refractivity contribution is -0.170. The third kappa shape index (κ3) is 14.9. The summed E-state index contributed by atoms with van der Waals surface area (Å²) in [7, 11) is 0. The van der Waals surface area contributed by atoms with Crippen LogP contribution < -0.4 is 22.5 Å². The van der Waals surface area contributed by atoms with E-state index in [1.165, 1.54) is 5.56 Å². The summed E-state index contributed by atoms with van der Waals surface area (Å²) < 4.78 is 0. The third-order valence-electron chi connectivity index (χ3n) is 4.61. The number of nitrogens with zero attached hydrogens (tertiary/aromatic N) is 1. The van der Waals surface area contributed by atoms with Crippen molar-refractivity contribution in [1.82, 2.24) is 5.32 Å². The van der Waals surface area contributed by atoms with E-state index in [4.69, 9.17) is 37.6 Å². The van der Waals surface area contributed by atoms with E-state index in [2.05, 4.69) is 10.3 Å². The average molecular weight is 498 g/mol. The van der Waals surface area contributed by atoms with Crippen molar-refractivity contribution in [2.24, 2.45) is 22.2 Å². The van der Waals surface area contributed by atoms with Gasteiger partial charge in [-0.05, 0) is 38.2 Å². The molecule has 1 amide bonds. The number of guanidine groups is 1. The fraction of sp³-hybridized carbons (Fsp3) is 0.500. The number of amides is 1. The number of carboxylic acid groups (broad SMARTS) is 3. The van der Waals surface area contributed by atoms with Crippen molar-refractivity contribution in [3.8, 4) is 0 Å². The molecule has 0 radical (unpaired) electrons. The first-order valence-corrected chi connectivity index (χ1v) is 10.8. The van der Waals surface area contributed by atoms with Gasteiger partial charge in [-0.3, -0.25) is 19.4 Å². The Labute approximate surface area is 203 Å². The number of carbonyl (C=O) groups excluding carboxylic acids is 1. The van der Waals surface area contributed by atoms with Crippen LogP contribution in [0.1, 0.15) is 44.6 Å². The second-order valence-electron chi connectivity index (χ2n) is 7.99. The Hall–Kier alpha value is -3.71. The molecule has 0 aliphatic rings. The number of aliphatic imine (C=N–C) groups is 1. The molecule has 0 saturated heterocycles. The molecule has 0 aliphatic carbocycles. The highest BCUT2D eigenvalue weighted by Crippen LogP contribution is 2.15. The van der Waals surface area contributed by atoms with E-state index in [9.17, 15) is 19.2 Å². The number of hydrogen-bond donors (Lipinski definition) is 8. The highest BCUT2D eigenvalue weighted by Gasteiger charge is 2.40. The van der Waals surface area contributed by atoms with Gasteiger partial charge in [0.1, 0.15) is 0 Å². The van der Waals surface area contributed by atoms with Gasteiger partial charge in [0.25, 0.3) is 0 Å². The maximum absolute atomic E-state index is 12.0. The lowest BCUT2D eigenvalue weighted by atomic mass is 9.96. The van der Waals surface area contributed by atoms with Crippen LogP contribution in [0.2, 0.25) is 0 Å². The molecule has 0 aliphatic heterocycles. The lowest BCUT2D eigenvalue weighted by Gasteiger charge is -2.18. The molecule has 13 heteroatoms.